The van der Waals surface area contributed by atoms with Crippen molar-refractivity contribution in [1.82, 2.24) is 0 Å². The van der Waals surface area contributed by atoms with Crippen molar-refractivity contribution in [2.24, 2.45) is 22.1 Å². The molecular formula is C22H35F2N3O8S. The number of halogens is 2. The van der Waals surface area contributed by atoms with Crippen LogP contribution in [0.3, 0.4) is 0 Å². The molecule has 1 aromatic carbocycles. The number of nitro groups is 1. The van der Waals surface area contributed by atoms with Crippen LogP contribution in [0.4, 0.5) is 14.5 Å². The van der Waals surface area contributed by atoms with Gasteiger partial charge in [-0.3, -0.25) is 14.3 Å². The third-order valence-corrected chi connectivity index (χ3v) is 6.54. The number of benzene rings is 1. The second-order valence-electron chi connectivity index (χ2n) is 7.71. The van der Waals surface area contributed by atoms with Gasteiger partial charge in [0.25, 0.3) is 15.8 Å². The van der Waals surface area contributed by atoms with Gasteiger partial charge in [0, 0.05) is 24.0 Å². The highest BCUT2D eigenvalue weighted by atomic mass is 32.2. The van der Waals surface area contributed by atoms with Crippen LogP contribution >= 0.6 is 0 Å². The van der Waals surface area contributed by atoms with E-state index in [-0.39, 0.29) is 17.0 Å². The molecule has 0 heterocycles. The van der Waals surface area contributed by atoms with Crippen LogP contribution < -0.4 is 0 Å². The van der Waals surface area contributed by atoms with Crippen molar-refractivity contribution in [3.63, 3.8) is 0 Å². The highest BCUT2D eigenvalue weighted by Crippen LogP contribution is 2.25. The van der Waals surface area contributed by atoms with Crippen molar-refractivity contribution in [1.29, 1.82) is 0 Å². The van der Waals surface area contributed by atoms with Crippen LogP contribution in [0.5, 0.6) is 0 Å². The van der Waals surface area contributed by atoms with Gasteiger partial charge in [-0.15, -0.1) is 0 Å². The number of aliphatic hydroxyl groups is 1. The summed E-state index contributed by atoms with van der Waals surface area (Å²) < 4.78 is 56.7. The van der Waals surface area contributed by atoms with Crippen molar-refractivity contribution in [2.45, 2.75) is 70.0 Å². The van der Waals surface area contributed by atoms with E-state index in [1.807, 2.05) is 0 Å². The molecule has 0 radical (unpaired) electrons. The van der Waals surface area contributed by atoms with Crippen molar-refractivity contribution < 1.29 is 41.1 Å². The third-order valence-electron chi connectivity index (χ3n) is 5.20. The number of aliphatic hydroxyl groups excluding tert-OH is 1. The predicted octanol–water partition coefficient (Wildman–Crippen LogP) is 4.05. The number of alkyl halides is 2. The minimum Gasteiger partial charge on any atom is -0.399 e. The Hall–Kier alpha value is -2.71. The zero-order valence-corrected chi connectivity index (χ0v) is 22.0. The summed E-state index contributed by atoms with van der Waals surface area (Å²) in [7, 11) is -1.66. The lowest BCUT2D eigenvalue weighted by Crippen LogP contribution is -2.31. The molecule has 1 aromatic rings. The summed E-state index contributed by atoms with van der Waals surface area (Å²) in [5, 5.41) is 26.6. The maximum absolute atomic E-state index is 14.0. The average molecular weight is 540 g/mol. The van der Waals surface area contributed by atoms with Crippen molar-refractivity contribution in [2.75, 3.05) is 14.2 Å². The molecule has 0 bridgehead atoms. The second-order valence-corrected chi connectivity index (χ2v) is 9.28. The van der Waals surface area contributed by atoms with E-state index in [9.17, 15) is 32.4 Å². The molecule has 0 amide bonds. The number of oxime groups is 2. The predicted molar refractivity (Wildman–Crippen MR) is 131 cm³/mol. The summed E-state index contributed by atoms with van der Waals surface area (Å²) in [5.74, 6) is -1.25. The van der Waals surface area contributed by atoms with Gasteiger partial charge in [0.05, 0.1) is 29.6 Å². The van der Waals surface area contributed by atoms with Gasteiger partial charge in [0.15, 0.2) is 0 Å². The van der Waals surface area contributed by atoms with Crippen LogP contribution in [0.2, 0.25) is 0 Å². The molecule has 0 aromatic heterocycles. The van der Waals surface area contributed by atoms with Gasteiger partial charge in [-0.05, 0) is 18.9 Å². The fourth-order valence-corrected chi connectivity index (χ4v) is 4.06. The summed E-state index contributed by atoms with van der Waals surface area (Å²) in [5.41, 5.74) is -0.378. The highest BCUT2D eigenvalue weighted by Gasteiger charge is 2.30. The Morgan fingerprint density at radius 1 is 1.06 bits per heavy atom. The summed E-state index contributed by atoms with van der Waals surface area (Å²) in [4.78, 5) is 18.4. The molecule has 0 fully saturated rings. The van der Waals surface area contributed by atoms with Crippen molar-refractivity contribution in [3.05, 3.63) is 34.4 Å². The van der Waals surface area contributed by atoms with Crippen LogP contribution in [0, 0.1) is 22.0 Å². The van der Waals surface area contributed by atoms with Crippen LogP contribution in [-0.4, -0.2) is 69.6 Å². The first kappa shape index (κ1) is 33.3. The van der Waals surface area contributed by atoms with Gasteiger partial charge >= 0.3 is 0 Å². The molecule has 1 rings (SSSR count). The number of rotatable bonds is 14. The zero-order valence-electron chi connectivity index (χ0n) is 21.2. The highest BCUT2D eigenvalue weighted by molar-refractivity contribution is 7.86. The minimum atomic E-state index is -4.27. The molecule has 0 saturated heterocycles. The Bertz CT molecular complexity index is 949. The van der Waals surface area contributed by atoms with E-state index in [1.54, 1.807) is 20.8 Å². The standard InChI is InChI=1S/C14H19FN2O6S.C8H16FNO2/c1-4-14(10(2)13(15)9-16-22-3)23-24(20,21)12-7-5-6-11(8-12)17(18)19;1-4-8(11)6(2)7(9)5-10-12-3/h5-10,13-14H,4H2,1-3H3;5-8,11H,4H2,1-3H3/t10-,13+,14+;6-,7+,8+/m00/s1. The van der Waals surface area contributed by atoms with Gasteiger partial charge < -0.3 is 14.8 Å². The number of hydrogen-bond donors (Lipinski definition) is 1. The van der Waals surface area contributed by atoms with Gasteiger partial charge in [-0.1, -0.05) is 44.1 Å². The lowest BCUT2D eigenvalue weighted by atomic mass is 9.98. The lowest BCUT2D eigenvalue weighted by Gasteiger charge is -2.23. The number of nitrogens with zero attached hydrogens (tertiary/aromatic N) is 3. The summed E-state index contributed by atoms with van der Waals surface area (Å²) in [6.07, 6.45) is -1.68. The Kier molecular flexibility index (Phi) is 15.6. The first-order valence-corrected chi connectivity index (χ1v) is 12.5. The van der Waals surface area contributed by atoms with Gasteiger partial charge in [0.2, 0.25) is 0 Å². The Labute approximate surface area is 210 Å². The van der Waals surface area contributed by atoms with E-state index in [0.717, 1.165) is 24.6 Å². The fraction of sp³-hybridized carbons (Fsp3) is 0.636. The molecule has 6 atom stereocenters. The summed E-state index contributed by atoms with van der Waals surface area (Å²) >= 11 is 0. The van der Waals surface area contributed by atoms with E-state index >= 15 is 0 Å². The average Bonchev–Trinajstić information content (AvgIpc) is 2.87. The summed E-state index contributed by atoms with van der Waals surface area (Å²) in [6, 6.07) is 4.48. The first-order valence-electron chi connectivity index (χ1n) is 11.1. The Morgan fingerprint density at radius 3 is 2.03 bits per heavy atom. The van der Waals surface area contributed by atoms with E-state index in [2.05, 4.69) is 20.0 Å². The molecule has 0 spiro atoms. The smallest absolute Gasteiger partial charge is 0.297 e. The van der Waals surface area contributed by atoms with Gasteiger partial charge in [-0.25, -0.2) is 8.78 Å². The minimum absolute atomic E-state index is 0.219. The maximum Gasteiger partial charge on any atom is 0.297 e. The molecule has 14 heteroatoms. The summed E-state index contributed by atoms with van der Waals surface area (Å²) in [6.45, 7) is 6.57. The molecule has 206 valence electrons. The molecule has 0 unspecified atom stereocenters. The Morgan fingerprint density at radius 2 is 1.58 bits per heavy atom. The molecule has 11 nitrogen and oxygen atoms in total. The monoisotopic (exact) mass is 539 g/mol. The van der Waals surface area contributed by atoms with Crippen LogP contribution in [0.15, 0.2) is 39.5 Å². The first-order chi connectivity index (χ1) is 16.9. The largest absolute Gasteiger partial charge is 0.399 e. The molecule has 0 aliphatic rings. The Balaban J connectivity index is 0.000000860. The van der Waals surface area contributed by atoms with E-state index in [4.69, 9.17) is 4.18 Å². The van der Waals surface area contributed by atoms with Crippen LogP contribution in [-0.2, 0) is 24.0 Å². The van der Waals surface area contributed by atoms with Crippen LogP contribution in [0.1, 0.15) is 40.5 Å². The molecule has 0 aliphatic carbocycles. The van der Waals surface area contributed by atoms with Crippen LogP contribution in [0.25, 0.3) is 0 Å². The van der Waals surface area contributed by atoms with Crippen molar-refractivity contribution >= 4 is 28.2 Å². The fourth-order valence-electron chi connectivity index (χ4n) is 2.80. The molecule has 0 aliphatic heterocycles. The van der Waals surface area contributed by atoms with Gasteiger partial charge in [0.1, 0.15) is 31.5 Å². The quantitative estimate of drug-likeness (QED) is 0.161. The maximum atomic E-state index is 14.0. The number of non-ortho nitro benzene ring substituents is 1. The molecule has 0 saturated carbocycles. The van der Waals surface area contributed by atoms with E-state index < -0.39 is 51.4 Å². The lowest BCUT2D eigenvalue weighted by molar-refractivity contribution is -0.385. The number of nitro benzene ring substituents is 1. The SMILES string of the molecule is CC[C@@H](O)[C@@H](C)[C@H](F)C=NOC.CC[C@@H](OS(=O)(=O)c1cccc([N+](=O)[O-])c1)[C@@H](C)[C@H](F)C=NOC. The number of hydrogen-bond acceptors (Lipinski definition) is 10. The molecular weight excluding hydrogens is 504 g/mol. The van der Waals surface area contributed by atoms with Crippen molar-refractivity contribution in [3.8, 4) is 0 Å². The second kappa shape index (κ2) is 16.9. The normalized spacial score (nSPS) is 16.9. The van der Waals surface area contributed by atoms with Gasteiger partial charge in [-0.2, -0.15) is 8.42 Å². The molecule has 36 heavy (non-hydrogen) atoms. The third kappa shape index (κ3) is 11.4. The van der Waals surface area contributed by atoms with E-state index in [0.29, 0.717) is 6.42 Å². The topological polar surface area (TPSA) is 150 Å². The van der Waals surface area contributed by atoms with E-state index in [1.165, 1.54) is 33.3 Å². The zero-order chi connectivity index (χ0) is 27.9. The molecule has 1 N–H and O–H groups in total.